The number of benzene rings is 2. The molecule has 0 saturated carbocycles. The van der Waals surface area contributed by atoms with E-state index in [1.165, 1.54) is 5.56 Å². The van der Waals surface area contributed by atoms with Crippen LogP contribution in [0.1, 0.15) is 37.8 Å². The third-order valence-corrected chi connectivity index (χ3v) is 6.94. The lowest BCUT2D eigenvalue weighted by atomic mass is 9.98. The second kappa shape index (κ2) is 9.43. The summed E-state index contributed by atoms with van der Waals surface area (Å²) in [5.41, 5.74) is 1.76. The van der Waals surface area contributed by atoms with Crippen LogP contribution in [0.4, 0.5) is 0 Å². The maximum absolute atomic E-state index is 13.2. The van der Waals surface area contributed by atoms with Crippen molar-refractivity contribution in [3.8, 4) is 0 Å². The normalized spacial score (nSPS) is 17.8. The Hall–Kier alpha value is -2.67. The molecule has 0 spiro atoms. The Morgan fingerprint density at radius 1 is 1.10 bits per heavy atom. The van der Waals surface area contributed by atoms with Crippen LogP contribution in [0.2, 0.25) is 0 Å². The molecule has 2 aromatic rings. The highest BCUT2D eigenvalue weighted by atomic mass is 32.2. The molecule has 0 fully saturated rings. The number of hydrogen-bond acceptors (Lipinski definition) is 4. The minimum absolute atomic E-state index is 0.0150. The van der Waals surface area contributed by atoms with Gasteiger partial charge in [-0.1, -0.05) is 62.7 Å². The maximum Gasteiger partial charge on any atom is 0.263 e. The number of amides is 1. The monoisotopic (exact) mass is 427 g/mol. The number of amidine groups is 1. The largest absolute Gasteiger partial charge is 0.344 e. The van der Waals surface area contributed by atoms with Crippen LogP contribution in [0.25, 0.3) is 0 Å². The van der Waals surface area contributed by atoms with E-state index in [2.05, 4.69) is 21.8 Å². The van der Waals surface area contributed by atoms with Gasteiger partial charge in [0.1, 0.15) is 11.9 Å². The van der Waals surface area contributed by atoms with E-state index in [9.17, 15) is 13.2 Å². The van der Waals surface area contributed by atoms with Crippen molar-refractivity contribution in [2.45, 2.75) is 44.0 Å². The molecular formula is C23H29N3O3S. The smallest absolute Gasteiger partial charge is 0.263 e. The first-order valence-electron chi connectivity index (χ1n) is 10.3. The number of aliphatic imine (C=N–C) groups is 1. The van der Waals surface area contributed by atoms with Gasteiger partial charge >= 0.3 is 0 Å². The van der Waals surface area contributed by atoms with Crippen molar-refractivity contribution >= 4 is 21.8 Å². The highest BCUT2D eigenvalue weighted by Gasteiger charge is 2.33. The Kier molecular flexibility index (Phi) is 6.92. The van der Waals surface area contributed by atoms with Gasteiger partial charge in [0.25, 0.3) is 10.0 Å². The lowest BCUT2D eigenvalue weighted by molar-refractivity contribution is -0.132. The summed E-state index contributed by atoms with van der Waals surface area (Å²) in [6.45, 7) is 4.60. The van der Waals surface area contributed by atoms with Crippen molar-refractivity contribution < 1.29 is 13.2 Å². The van der Waals surface area contributed by atoms with Gasteiger partial charge in [-0.05, 0) is 36.5 Å². The van der Waals surface area contributed by atoms with Gasteiger partial charge in [0.2, 0.25) is 5.91 Å². The van der Waals surface area contributed by atoms with Crippen LogP contribution in [-0.2, 0) is 21.2 Å². The van der Waals surface area contributed by atoms with Gasteiger partial charge in [0, 0.05) is 19.2 Å². The number of aryl methyl sites for hydroxylation is 1. The molecule has 160 valence electrons. The Balaban J connectivity index is 1.76. The average molecular weight is 428 g/mol. The van der Waals surface area contributed by atoms with Crippen LogP contribution in [0.3, 0.4) is 0 Å². The predicted octanol–water partition coefficient (Wildman–Crippen LogP) is 3.23. The number of carbonyl (C=O) groups is 1. The Morgan fingerprint density at radius 2 is 1.77 bits per heavy atom. The average Bonchev–Trinajstić information content (AvgIpc) is 3.02. The number of rotatable bonds is 8. The van der Waals surface area contributed by atoms with E-state index in [4.69, 9.17) is 0 Å². The zero-order valence-electron chi connectivity index (χ0n) is 17.7. The summed E-state index contributed by atoms with van der Waals surface area (Å²) in [6, 6.07) is 16.3. The molecule has 0 saturated heterocycles. The summed E-state index contributed by atoms with van der Waals surface area (Å²) < 4.78 is 27.3. The molecule has 1 heterocycles. The van der Waals surface area contributed by atoms with Crippen molar-refractivity contribution in [1.29, 1.82) is 0 Å². The maximum atomic E-state index is 13.2. The van der Waals surface area contributed by atoms with E-state index in [-0.39, 0.29) is 22.6 Å². The molecule has 7 heteroatoms. The molecule has 0 aromatic heterocycles. The van der Waals surface area contributed by atoms with Gasteiger partial charge in [-0.3, -0.25) is 14.5 Å². The molecule has 0 unspecified atom stereocenters. The lowest BCUT2D eigenvalue weighted by Crippen LogP contribution is -2.40. The summed E-state index contributed by atoms with van der Waals surface area (Å²) in [5, 5.41) is 0. The Morgan fingerprint density at radius 3 is 2.47 bits per heavy atom. The number of nitrogens with zero attached hydrogens (tertiary/aromatic N) is 2. The molecule has 0 bridgehead atoms. The Labute approximate surface area is 179 Å². The van der Waals surface area contributed by atoms with Gasteiger partial charge in [0.15, 0.2) is 0 Å². The highest BCUT2D eigenvalue weighted by Crippen LogP contribution is 2.24. The molecule has 0 aliphatic carbocycles. The molecule has 1 aliphatic rings. The minimum Gasteiger partial charge on any atom is -0.344 e. The van der Waals surface area contributed by atoms with Crippen molar-refractivity contribution in [3.63, 3.8) is 0 Å². The Bertz CT molecular complexity index is 1020. The molecule has 30 heavy (non-hydrogen) atoms. The zero-order valence-corrected chi connectivity index (χ0v) is 18.5. The summed E-state index contributed by atoms with van der Waals surface area (Å²) in [4.78, 5) is 19.7. The van der Waals surface area contributed by atoms with Gasteiger partial charge in [0.05, 0.1) is 4.90 Å². The van der Waals surface area contributed by atoms with Crippen LogP contribution in [-0.4, -0.2) is 44.7 Å². The molecule has 1 aliphatic heterocycles. The number of nitrogens with one attached hydrogen (secondary N) is 1. The van der Waals surface area contributed by atoms with E-state index in [0.29, 0.717) is 12.1 Å². The van der Waals surface area contributed by atoms with E-state index in [1.807, 2.05) is 32.0 Å². The molecule has 3 rings (SSSR count). The summed E-state index contributed by atoms with van der Waals surface area (Å²) >= 11 is 0. The van der Waals surface area contributed by atoms with Gasteiger partial charge in [-0.25, -0.2) is 8.42 Å². The fourth-order valence-electron chi connectivity index (χ4n) is 3.52. The lowest BCUT2D eigenvalue weighted by Gasteiger charge is -2.25. The summed E-state index contributed by atoms with van der Waals surface area (Å²) in [6.07, 6.45) is 2.51. The number of hydrogen-bond donors (Lipinski definition) is 1. The van der Waals surface area contributed by atoms with Crippen LogP contribution < -0.4 is 4.72 Å². The number of fused-ring (bicyclic) bond motifs is 1. The van der Waals surface area contributed by atoms with Crippen molar-refractivity contribution in [3.05, 3.63) is 65.7 Å². The number of carbonyl (C=O) groups excluding carboxylic acids is 1. The fourth-order valence-corrected chi connectivity index (χ4v) is 4.76. The van der Waals surface area contributed by atoms with Crippen LogP contribution in [0.5, 0.6) is 0 Å². The molecule has 0 radical (unpaired) electrons. The summed E-state index contributed by atoms with van der Waals surface area (Å²) in [7, 11) is -1.84. The van der Waals surface area contributed by atoms with E-state index in [0.717, 1.165) is 19.3 Å². The molecular weight excluding hydrogens is 398 g/mol. The molecule has 2 atom stereocenters. The van der Waals surface area contributed by atoms with Crippen molar-refractivity contribution in [2.75, 3.05) is 13.6 Å². The standard InChI is InChI=1S/C23H29N3O3S/c1-4-17(2)21(23(27)26(3)16-10-13-18-11-6-5-7-12-18)24-22-19-14-8-9-15-20(19)30(28,29)25-22/h5-9,11-12,14-15,17,21H,4,10,13,16H2,1-3H3,(H,24,25)/t17-,21-/m0/s1. The van der Waals surface area contributed by atoms with Crippen molar-refractivity contribution in [2.24, 2.45) is 10.9 Å². The van der Waals surface area contributed by atoms with E-state index < -0.39 is 16.1 Å². The quantitative estimate of drug-likeness (QED) is 0.702. The molecule has 1 N–H and O–H groups in total. The minimum atomic E-state index is -3.63. The first kappa shape index (κ1) is 22.0. The predicted molar refractivity (Wildman–Crippen MR) is 119 cm³/mol. The number of likely N-dealkylation sites (N-methyl/N-ethyl adjacent to an activating group) is 1. The SMILES string of the molecule is CC[C@H](C)[C@H](N=C1NS(=O)(=O)c2ccccc21)C(=O)N(C)CCCc1ccccc1. The topological polar surface area (TPSA) is 78.8 Å². The van der Waals surface area contributed by atoms with Crippen LogP contribution >= 0.6 is 0 Å². The second-order valence-electron chi connectivity index (χ2n) is 7.76. The zero-order chi connectivity index (χ0) is 21.7. The molecule has 6 nitrogen and oxygen atoms in total. The van der Waals surface area contributed by atoms with E-state index >= 15 is 0 Å². The van der Waals surface area contributed by atoms with Gasteiger partial charge in [-0.2, -0.15) is 0 Å². The third-order valence-electron chi connectivity index (χ3n) is 5.54. The highest BCUT2D eigenvalue weighted by molar-refractivity contribution is 7.90. The molecule has 1 amide bonds. The first-order valence-corrected chi connectivity index (χ1v) is 11.8. The van der Waals surface area contributed by atoms with Crippen LogP contribution in [0.15, 0.2) is 64.5 Å². The van der Waals surface area contributed by atoms with Gasteiger partial charge in [-0.15, -0.1) is 0 Å². The summed E-state index contributed by atoms with van der Waals surface area (Å²) in [5.74, 6) is 0.147. The second-order valence-corrected chi connectivity index (χ2v) is 9.41. The van der Waals surface area contributed by atoms with Crippen LogP contribution in [0, 0.1) is 5.92 Å². The fraction of sp³-hybridized carbons (Fsp3) is 0.391. The van der Waals surface area contributed by atoms with Crippen molar-refractivity contribution in [1.82, 2.24) is 9.62 Å². The van der Waals surface area contributed by atoms with Gasteiger partial charge < -0.3 is 4.90 Å². The van der Waals surface area contributed by atoms with E-state index in [1.54, 1.807) is 36.2 Å². The number of sulfonamides is 1. The first-order chi connectivity index (χ1) is 14.3. The third kappa shape index (κ3) is 4.90. The molecule has 2 aromatic carbocycles.